The van der Waals surface area contributed by atoms with E-state index in [1.165, 1.54) is 19.2 Å². The molecule has 27 heavy (non-hydrogen) atoms. The molecule has 0 spiro atoms. The minimum absolute atomic E-state index is 0.178. The number of carbonyl (C=O) groups is 1. The van der Waals surface area contributed by atoms with Gasteiger partial charge >= 0.3 is 5.91 Å². The third-order valence-corrected chi connectivity index (χ3v) is 4.35. The van der Waals surface area contributed by atoms with Crippen LogP contribution in [0.5, 0.6) is 5.75 Å². The van der Waals surface area contributed by atoms with Crippen LogP contribution in [0.15, 0.2) is 18.2 Å². The van der Waals surface area contributed by atoms with Crippen molar-refractivity contribution in [2.75, 3.05) is 18.8 Å². The van der Waals surface area contributed by atoms with Crippen LogP contribution in [0.4, 0.5) is 5.69 Å². The first-order chi connectivity index (χ1) is 12.9. The van der Waals surface area contributed by atoms with E-state index < -0.39 is 49.5 Å². The van der Waals surface area contributed by atoms with E-state index in [0.29, 0.717) is 5.56 Å². The van der Waals surface area contributed by atoms with Crippen LogP contribution >= 0.6 is 0 Å². The second-order valence-corrected chi connectivity index (χ2v) is 6.06. The van der Waals surface area contributed by atoms with E-state index in [-0.39, 0.29) is 18.0 Å². The van der Waals surface area contributed by atoms with E-state index in [1.807, 2.05) is 0 Å². The van der Waals surface area contributed by atoms with Gasteiger partial charge in [0.2, 0.25) is 0 Å². The number of anilines is 1. The highest BCUT2D eigenvalue weighted by Crippen LogP contribution is 2.36. The maximum absolute atomic E-state index is 12.6. The lowest BCUT2D eigenvalue weighted by molar-refractivity contribution is -0.323. The smallest absolute Gasteiger partial charge is 0.320 e. The number of benzene rings is 1. The topological polar surface area (TPSA) is 158 Å². The summed E-state index contributed by atoms with van der Waals surface area (Å²) < 4.78 is 16.1. The van der Waals surface area contributed by atoms with Crippen molar-refractivity contribution >= 4 is 11.6 Å². The van der Waals surface area contributed by atoms with Gasteiger partial charge in [-0.3, -0.25) is 9.63 Å². The van der Waals surface area contributed by atoms with Crippen LogP contribution in [0.25, 0.3) is 0 Å². The molecule has 1 aromatic rings. The molecule has 5 N–H and O–H groups in total. The number of aliphatic hydroxyl groups excluding tert-OH is 5. The lowest BCUT2D eigenvalue weighted by Crippen LogP contribution is -2.61. The maximum atomic E-state index is 12.6. The van der Waals surface area contributed by atoms with Gasteiger partial charge in [-0.25, -0.2) is 0 Å². The molecule has 0 aromatic heterocycles. The molecule has 1 fully saturated rings. The fourth-order valence-electron chi connectivity index (χ4n) is 2.88. The van der Waals surface area contributed by atoms with Gasteiger partial charge in [0.15, 0.2) is 6.29 Å². The van der Waals surface area contributed by atoms with Gasteiger partial charge in [0.1, 0.15) is 35.9 Å². The highest BCUT2D eigenvalue weighted by atomic mass is 16.8. The molecule has 3 rings (SSSR count). The van der Waals surface area contributed by atoms with Gasteiger partial charge in [-0.15, -0.1) is 0 Å². The molecule has 6 atom stereocenters. The van der Waals surface area contributed by atoms with E-state index in [9.17, 15) is 30.3 Å². The Bertz CT molecular complexity index is 683. The van der Waals surface area contributed by atoms with Gasteiger partial charge < -0.3 is 39.7 Å². The molecule has 0 saturated carbocycles. The molecule has 1 amide bonds. The summed E-state index contributed by atoms with van der Waals surface area (Å²) in [6, 6.07) is 4.59. The Morgan fingerprint density at radius 1 is 1.15 bits per heavy atom. The number of rotatable bonds is 5. The molecule has 1 saturated heterocycles. The van der Waals surface area contributed by atoms with Crippen molar-refractivity contribution in [2.24, 2.45) is 0 Å². The zero-order valence-electron chi connectivity index (χ0n) is 14.3. The fourth-order valence-corrected chi connectivity index (χ4v) is 2.88. The SMILES string of the molecule is CON1C(=O)[C@@H](OC2OC(CO)C(O)C(O)C2O)Oc2cc(CO)ccc21. The molecule has 0 bridgehead atoms. The van der Waals surface area contributed by atoms with E-state index >= 15 is 0 Å². The second-order valence-electron chi connectivity index (χ2n) is 6.06. The summed E-state index contributed by atoms with van der Waals surface area (Å²) in [7, 11) is 1.26. The quantitative estimate of drug-likeness (QED) is 0.369. The zero-order valence-corrected chi connectivity index (χ0v) is 14.3. The number of hydroxylamine groups is 1. The fraction of sp³-hybridized carbons (Fsp3) is 0.562. The number of nitrogens with zero attached hydrogens (tertiary/aromatic N) is 1. The van der Waals surface area contributed by atoms with Gasteiger partial charge in [0, 0.05) is 0 Å². The number of hydrogen-bond donors (Lipinski definition) is 5. The van der Waals surface area contributed by atoms with Gasteiger partial charge in [-0.1, -0.05) is 6.07 Å². The average Bonchev–Trinajstić information content (AvgIpc) is 2.68. The van der Waals surface area contributed by atoms with Crippen molar-refractivity contribution in [3.05, 3.63) is 23.8 Å². The number of hydrogen-bond acceptors (Lipinski definition) is 10. The lowest BCUT2D eigenvalue weighted by Gasteiger charge is -2.41. The summed E-state index contributed by atoms with van der Waals surface area (Å²) in [4.78, 5) is 17.6. The predicted molar refractivity (Wildman–Crippen MR) is 86.1 cm³/mol. The Kier molecular flexibility index (Phi) is 5.93. The van der Waals surface area contributed by atoms with Gasteiger partial charge in [0.05, 0.1) is 20.3 Å². The zero-order chi connectivity index (χ0) is 19.7. The van der Waals surface area contributed by atoms with Crippen molar-refractivity contribution in [1.29, 1.82) is 0 Å². The molecule has 11 nitrogen and oxygen atoms in total. The van der Waals surface area contributed by atoms with Gasteiger partial charge in [0.25, 0.3) is 6.29 Å². The van der Waals surface area contributed by atoms with Crippen LogP contribution in [-0.2, 0) is 25.7 Å². The molecular weight excluding hydrogens is 366 g/mol. The first kappa shape index (κ1) is 19.9. The van der Waals surface area contributed by atoms with Crippen molar-refractivity contribution in [2.45, 2.75) is 43.6 Å². The first-order valence-corrected chi connectivity index (χ1v) is 8.15. The molecule has 2 aliphatic heterocycles. The molecule has 5 unspecified atom stereocenters. The van der Waals surface area contributed by atoms with Crippen LogP contribution in [0.1, 0.15) is 5.56 Å². The van der Waals surface area contributed by atoms with Crippen molar-refractivity contribution in [3.8, 4) is 5.75 Å². The maximum Gasteiger partial charge on any atom is 0.320 e. The first-order valence-electron chi connectivity index (χ1n) is 8.15. The highest BCUT2D eigenvalue weighted by molar-refractivity contribution is 5.97. The Labute approximate surface area is 153 Å². The van der Waals surface area contributed by atoms with Crippen LogP contribution in [0.2, 0.25) is 0 Å². The molecule has 0 aliphatic carbocycles. The van der Waals surface area contributed by atoms with E-state index in [4.69, 9.17) is 19.0 Å². The summed E-state index contributed by atoms with van der Waals surface area (Å²) in [6.07, 6.45) is -9.27. The Balaban J connectivity index is 1.83. The number of carbonyl (C=O) groups excluding carboxylic acids is 1. The Hall–Kier alpha value is -1.83. The summed E-state index contributed by atoms with van der Waals surface area (Å²) in [5.74, 6) is -0.587. The minimum Gasteiger partial charge on any atom is -0.453 e. The minimum atomic E-state index is -1.69. The Morgan fingerprint density at radius 3 is 2.52 bits per heavy atom. The summed E-state index contributed by atoms with van der Waals surface area (Å²) >= 11 is 0. The number of ether oxygens (including phenoxy) is 3. The van der Waals surface area contributed by atoms with E-state index in [1.54, 1.807) is 6.07 Å². The largest absolute Gasteiger partial charge is 0.453 e. The monoisotopic (exact) mass is 387 g/mol. The molecule has 11 heteroatoms. The molecule has 2 aliphatic rings. The van der Waals surface area contributed by atoms with Gasteiger partial charge in [-0.05, 0) is 17.7 Å². The van der Waals surface area contributed by atoms with Crippen molar-refractivity contribution in [3.63, 3.8) is 0 Å². The Morgan fingerprint density at radius 2 is 1.89 bits per heavy atom. The molecule has 2 heterocycles. The summed E-state index contributed by atoms with van der Waals surface area (Å²) in [5, 5.41) is 49.1. The number of amides is 1. The average molecular weight is 387 g/mol. The number of aliphatic hydroxyl groups is 5. The summed E-state index contributed by atoms with van der Waals surface area (Å²) in [5.41, 5.74) is 0.805. The normalized spacial score (nSPS) is 33.6. The molecule has 150 valence electrons. The van der Waals surface area contributed by atoms with Crippen molar-refractivity contribution in [1.82, 2.24) is 0 Å². The van der Waals surface area contributed by atoms with Crippen LogP contribution in [-0.4, -0.2) is 82.2 Å². The lowest BCUT2D eigenvalue weighted by atomic mass is 9.99. The van der Waals surface area contributed by atoms with Crippen LogP contribution in [0.3, 0.4) is 0 Å². The van der Waals surface area contributed by atoms with E-state index in [2.05, 4.69) is 0 Å². The van der Waals surface area contributed by atoms with Gasteiger partial charge in [-0.2, -0.15) is 5.06 Å². The third-order valence-electron chi connectivity index (χ3n) is 4.35. The molecule has 1 aromatic carbocycles. The molecule has 0 radical (unpaired) electrons. The third kappa shape index (κ3) is 3.63. The van der Waals surface area contributed by atoms with Crippen LogP contribution < -0.4 is 9.80 Å². The van der Waals surface area contributed by atoms with Crippen molar-refractivity contribution < 1.29 is 49.4 Å². The highest BCUT2D eigenvalue weighted by Gasteiger charge is 2.47. The van der Waals surface area contributed by atoms with Crippen LogP contribution in [0, 0.1) is 0 Å². The summed E-state index contributed by atoms with van der Waals surface area (Å²) in [6.45, 7) is -0.896. The van der Waals surface area contributed by atoms with E-state index in [0.717, 1.165) is 5.06 Å². The number of fused-ring (bicyclic) bond motifs is 1. The second kappa shape index (κ2) is 8.04. The predicted octanol–water partition coefficient (Wildman–Crippen LogP) is -2.39. The molecular formula is C16H21NO10. The standard InChI is InChI=1S/C16H21NO10/c1-24-17-8-3-2-7(5-18)4-9(8)25-16(14(17)23)27-15-13(22)12(21)11(20)10(6-19)26-15/h2-4,10-13,15-16,18-22H,5-6H2,1H3/t10?,11?,12?,13?,15?,16-/m1/s1.